The molecule has 10 heteroatoms. The number of carbonyl (C=O) groups is 2. The minimum absolute atomic E-state index is 0.0210. The molecule has 2 heterocycles. The lowest BCUT2D eigenvalue weighted by molar-refractivity contribution is -0.148. The fourth-order valence-corrected chi connectivity index (χ4v) is 5.10. The predicted octanol–water partition coefficient (Wildman–Crippen LogP) is 1.29. The number of nitrogens with zero attached hydrogens (tertiary/aromatic N) is 2. The van der Waals surface area contributed by atoms with Crippen molar-refractivity contribution in [2.24, 2.45) is 0 Å². The summed E-state index contributed by atoms with van der Waals surface area (Å²) in [7, 11) is -2.37. The number of sulfonamides is 1. The van der Waals surface area contributed by atoms with Crippen molar-refractivity contribution in [1.29, 1.82) is 0 Å². The summed E-state index contributed by atoms with van der Waals surface area (Å²) >= 11 is 0. The number of ether oxygens (including phenoxy) is 3. The van der Waals surface area contributed by atoms with Crippen molar-refractivity contribution in [3.63, 3.8) is 0 Å². The van der Waals surface area contributed by atoms with Crippen LogP contribution in [-0.4, -0.2) is 82.6 Å². The van der Waals surface area contributed by atoms with Crippen molar-refractivity contribution < 1.29 is 32.2 Å². The Bertz CT molecular complexity index is 918. The van der Waals surface area contributed by atoms with Crippen molar-refractivity contribution in [1.82, 2.24) is 9.21 Å². The summed E-state index contributed by atoms with van der Waals surface area (Å²) in [5, 5.41) is 0. The Kier molecular flexibility index (Phi) is 8.05. The zero-order valence-corrected chi connectivity index (χ0v) is 18.4. The van der Waals surface area contributed by atoms with E-state index < -0.39 is 16.0 Å². The fraction of sp³-hybridized carbons (Fsp3) is 0.524. The molecule has 0 saturated carbocycles. The number of methoxy groups -OCH3 is 1. The minimum Gasteiger partial charge on any atom is -0.495 e. The van der Waals surface area contributed by atoms with Crippen LogP contribution in [0.3, 0.4) is 0 Å². The molecule has 2 fully saturated rings. The van der Waals surface area contributed by atoms with Crippen LogP contribution in [0.5, 0.6) is 5.75 Å². The van der Waals surface area contributed by atoms with Crippen LogP contribution in [0.2, 0.25) is 0 Å². The number of rotatable bonds is 7. The van der Waals surface area contributed by atoms with Gasteiger partial charge in [-0.2, -0.15) is 4.31 Å². The lowest BCUT2D eigenvalue weighted by atomic mass is 10.1. The van der Waals surface area contributed by atoms with E-state index in [0.29, 0.717) is 31.9 Å². The second-order valence-corrected chi connectivity index (χ2v) is 9.22. The molecule has 0 N–H and O–H groups in total. The molecule has 2 aliphatic rings. The van der Waals surface area contributed by atoms with E-state index >= 15 is 0 Å². The Morgan fingerprint density at radius 3 is 2.48 bits per heavy atom. The summed E-state index contributed by atoms with van der Waals surface area (Å²) in [6, 6.07) is 4.63. The van der Waals surface area contributed by atoms with Gasteiger partial charge in [-0.1, -0.05) is 6.07 Å². The Labute approximate surface area is 182 Å². The van der Waals surface area contributed by atoms with Gasteiger partial charge in [-0.25, -0.2) is 13.2 Å². The van der Waals surface area contributed by atoms with Gasteiger partial charge in [0.15, 0.2) is 6.61 Å². The number of esters is 1. The van der Waals surface area contributed by atoms with Gasteiger partial charge in [0.1, 0.15) is 10.6 Å². The summed E-state index contributed by atoms with van der Waals surface area (Å²) in [6.07, 6.45) is 5.67. The van der Waals surface area contributed by atoms with Gasteiger partial charge < -0.3 is 19.1 Å². The molecule has 2 saturated heterocycles. The van der Waals surface area contributed by atoms with Crippen LogP contribution >= 0.6 is 0 Å². The molecule has 1 aromatic carbocycles. The highest BCUT2D eigenvalue weighted by atomic mass is 32.2. The van der Waals surface area contributed by atoms with Crippen LogP contribution in [0, 0.1) is 0 Å². The first kappa shape index (κ1) is 23.2. The molecule has 0 radical (unpaired) electrons. The van der Waals surface area contributed by atoms with Crippen molar-refractivity contribution >= 4 is 28.0 Å². The van der Waals surface area contributed by atoms with Crippen LogP contribution in [0.4, 0.5) is 0 Å². The topological polar surface area (TPSA) is 102 Å². The maximum Gasteiger partial charge on any atom is 0.331 e. The number of carbonyl (C=O) groups excluding carboxylic acids is 2. The van der Waals surface area contributed by atoms with Crippen molar-refractivity contribution in [3.05, 3.63) is 29.8 Å². The van der Waals surface area contributed by atoms with Crippen LogP contribution in [-0.2, 0) is 29.1 Å². The molecule has 1 aromatic rings. The number of morpholine rings is 1. The third-order valence-corrected chi connectivity index (χ3v) is 7.15. The summed E-state index contributed by atoms with van der Waals surface area (Å²) < 4.78 is 42.9. The zero-order chi connectivity index (χ0) is 22.3. The molecule has 31 heavy (non-hydrogen) atoms. The van der Waals surface area contributed by atoms with Crippen molar-refractivity contribution in [2.45, 2.75) is 24.2 Å². The average molecular weight is 453 g/mol. The molecule has 0 aromatic heterocycles. The van der Waals surface area contributed by atoms with Gasteiger partial charge in [0.2, 0.25) is 10.0 Å². The molecule has 2 aliphatic heterocycles. The zero-order valence-electron chi connectivity index (χ0n) is 17.6. The minimum atomic E-state index is -3.77. The third-order valence-electron chi connectivity index (χ3n) is 5.23. The molecule has 1 amide bonds. The monoisotopic (exact) mass is 452 g/mol. The SMILES string of the molecule is COc1ccc(/C=C/C(=O)OCC(=O)N2CCCCC2)cc1S(=O)(=O)N1CCOCC1. The maximum atomic E-state index is 13.0. The van der Waals surface area contributed by atoms with Gasteiger partial charge in [-0.15, -0.1) is 0 Å². The van der Waals surface area contributed by atoms with E-state index in [1.54, 1.807) is 11.0 Å². The average Bonchev–Trinajstić information content (AvgIpc) is 2.82. The molecule has 3 rings (SSSR count). The van der Waals surface area contributed by atoms with Crippen LogP contribution in [0.1, 0.15) is 24.8 Å². The number of piperidine rings is 1. The fourth-order valence-electron chi connectivity index (χ4n) is 3.50. The Hall–Kier alpha value is -2.43. The number of hydrogen-bond donors (Lipinski definition) is 0. The quantitative estimate of drug-likeness (QED) is 0.454. The highest BCUT2D eigenvalue weighted by Gasteiger charge is 2.29. The van der Waals surface area contributed by atoms with Crippen molar-refractivity contribution in [2.75, 3.05) is 53.1 Å². The Balaban J connectivity index is 1.65. The van der Waals surface area contributed by atoms with Crippen LogP contribution < -0.4 is 4.74 Å². The van der Waals surface area contributed by atoms with Gasteiger partial charge in [-0.05, 0) is 43.0 Å². The lowest BCUT2D eigenvalue weighted by Gasteiger charge is -2.26. The Morgan fingerprint density at radius 2 is 1.81 bits per heavy atom. The summed E-state index contributed by atoms with van der Waals surface area (Å²) in [5.74, 6) is -0.651. The van der Waals surface area contributed by atoms with Gasteiger partial charge in [-0.3, -0.25) is 4.79 Å². The maximum absolute atomic E-state index is 13.0. The number of likely N-dealkylation sites (tertiary alicyclic amines) is 1. The van der Waals surface area contributed by atoms with E-state index in [-0.39, 0.29) is 36.2 Å². The van der Waals surface area contributed by atoms with Crippen molar-refractivity contribution in [3.8, 4) is 5.75 Å². The number of benzene rings is 1. The second-order valence-electron chi connectivity index (χ2n) is 7.31. The molecule has 9 nitrogen and oxygen atoms in total. The first-order valence-electron chi connectivity index (χ1n) is 10.3. The van der Waals surface area contributed by atoms with E-state index in [0.717, 1.165) is 19.3 Å². The van der Waals surface area contributed by atoms with Gasteiger partial charge in [0.25, 0.3) is 5.91 Å². The standard InChI is InChI=1S/C21H28N2O7S/c1-28-18-7-5-17(15-19(18)31(26,27)23-11-13-29-14-12-23)6-8-21(25)30-16-20(24)22-9-3-2-4-10-22/h5-8,15H,2-4,9-14,16H2,1H3/b8-6+. The highest BCUT2D eigenvalue weighted by Crippen LogP contribution is 2.28. The number of amides is 1. The molecular weight excluding hydrogens is 424 g/mol. The van der Waals surface area contributed by atoms with Crippen LogP contribution in [0.15, 0.2) is 29.2 Å². The highest BCUT2D eigenvalue weighted by molar-refractivity contribution is 7.89. The molecule has 0 unspecified atom stereocenters. The predicted molar refractivity (Wildman–Crippen MR) is 113 cm³/mol. The van der Waals surface area contributed by atoms with E-state index in [1.165, 1.54) is 35.7 Å². The van der Waals surface area contributed by atoms with Gasteiger partial charge >= 0.3 is 5.97 Å². The second kappa shape index (κ2) is 10.7. The van der Waals surface area contributed by atoms with E-state index in [2.05, 4.69) is 0 Å². The first-order chi connectivity index (χ1) is 14.9. The van der Waals surface area contributed by atoms with Crippen LogP contribution in [0.25, 0.3) is 6.08 Å². The van der Waals surface area contributed by atoms with E-state index in [1.807, 2.05) is 0 Å². The van der Waals surface area contributed by atoms with Gasteiger partial charge in [0.05, 0.1) is 20.3 Å². The lowest BCUT2D eigenvalue weighted by Crippen LogP contribution is -2.40. The molecule has 170 valence electrons. The third kappa shape index (κ3) is 6.05. The first-order valence-corrected chi connectivity index (χ1v) is 11.7. The van der Waals surface area contributed by atoms with Gasteiger partial charge in [0, 0.05) is 32.3 Å². The van der Waals surface area contributed by atoms with E-state index in [9.17, 15) is 18.0 Å². The molecular formula is C21H28N2O7S. The molecule has 0 aliphatic carbocycles. The summed E-state index contributed by atoms with van der Waals surface area (Å²) in [4.78, 5) is 25.8. The Morgan fingerprint density at radius 1 is 1.10 bits per heavy atom. The molecule has 0 spiro atoms. The smallest absolute Gasteiger partial charge is 0.331 e. The summed E-state index contributed by atoms with van der Waals surface area (Å²) in [6.45, 7) is 2.29. The molecule has 0 atom stereocenters. The normalized spacial score (nSPS) is 18.2. The van der Waals surface area contributed by atoms with E-state index in [4.69, 9.17) is 14.2 Å². The summed E-state index contributed by atoms with van der Waals surface area (Å²) in [5.41, 5.74) is 0.493. The number of hydrogen-bond acceptors (Lipinski definition) is 7. The molecule has 0 bridgehead atoms. The largest absolute Gasteiger partial charge is 0.495 e.